The molecule has 0 saturated heterocycles. The quantitative estimate of drug-likeness (QED) is 0.464. The summed E-state index contributed by atoms with van der Waals surface area (Å²) in [6.07, 6.45) is 2.62. The van der Waals surface area contributed by atoms with Crippen molar-refractivity contribution in [1.82, 2.24) is 34.4 Å². The number of carbonyl (C=O) groups is 1. The van der Waals surface area contributed by atoms with Crippen LogP contribution in [-0.2, 0) is 11.3 Å². The summed E-state index contributed by atoms with van der Waals surface area (Å²) in [5.74, 6) is 0.961. The lowest BCUT2D eigenvalue weighted by Gasteiger charge is -2.45. The number of fused-ring (bicyclic) bond motifs is 2. The van der Waals surface area contributed by atoms with Crippen molar-refractivity contribution >= 4 is 28.5 Å². The second kappa shape index (κ2) is 7.75. The maximum Gasteiger partial charge on any atom is 0.256 e. The third-order valence-corrected chi connectivity index (χ3v) is 6.00. The van der Waals surface area contributed by atoms with Gasteiger partial charge in [0, 0.05) is 30.3 Å². The van der Waals surface area contributed by atoms with Crippen molar-refractivity contribution in [3.63, 3.8) is 0 Å². The van der Waals surface area contributed by atoms with Crippen molar-refractivity contribution in [2.24, 2.45) is 0 Å². The number of halogens is 2. The predicted octanol–water partition coefficient (Wildman–Crippen LogP) is 3.18. The van der Waals surface area contributed by atoms with Crippen molar-refractivity contribution in [2.45, 2.75) is 58.2 Å². The van der Waals surface area contributed by atoms with Crippen LogP contribution in [0.25, 0.3) is 27.9 Å². The first kappa shape index (κ1) is 21.2. The van der Waals surface area contributed by atoms with Crippen molar-refractivity contribution in [3.05, 3.63) is 36.4 Å². The van der Waals surface area contributed by atoms with Crippen LogP contribution in [0.2, 0.25) is 0 Å². The van der Waals surface area contributed by atoms with Gasteiger partial charge in [-0.05, 0) is 44.9 Å². The Morgan fingerprint density at radius 1 is 1.27 bits per heavy atom. The van der Waals surface area contributed by atoms with Crippen molar-refractivity contribution < 1.29 is 13.6 Å². The Morgan fingerprint density at radius 3 is 2.79 bits per heavy atom. The molecule has 1 aliphatic carbocycles. The molecule has 1 amide bonds. The largest absolute Gasteiger partial charge is 0.351 e. The maximum absolute atomic E-state index is 13.0. The number of rotatable bonds is 6. The topological polar surface area (TPSA) is 102 Å². The number of anilines is 1. The lowest BCUT2D eigenvalue weighted by molar-refractivity contribution is -0.121. The van der Waals surface area contributed by atoms with Gasteiger partial charge in [0.05, 0.1) is 24.0 Å². The van der Waals surface area contributed by atoms with Gasteiger partial charge in [-0.2, -0.15) is 0 Å². The average molecular weight is 454 g/mol. The van der Waals surface area contributed by atoms with Crippen LogP contribution in [0.5, 0.6) is 0 Å². The standard InChI is InChI=1S/C22H24F2N8O/c1-12-26-17-5-4-16(28-20(17)31(12)11-19(23)24)15-6-7-32-18(15)10-25-21(30-32)27-14-8-22(3,9-14)29-13(2)33/h4-7,10,14,19H,8-9,11H2,1-3H3,(H,27,30)(H,29,33). The Labute approximate surface area is 188 Å². The molecule has 9 nitrogen and oxygen atoms in total. The van der Waals surface area contributed by atoms with Gasteiger partial charge in [-0.25, -0.2) is 28.2 Å². The van der Waals surface area contributed by atoms with E-state index in [9.17, 15) is 13.6 Å². The highest BCUT2D eigenvalue weighted by Crippen LogP contribution is 2.33. The number of hydrogen-bond donors (Lipinski definition) is 2. The van der Waals surface area contributed by atoms with E-state index in [1.807, 2.05) is 25.3 Å². The normalized spacial score (nSPS) is 20.4. The highest BCUT2D eigenvalue weighted by molar-refractivity contribution is 5.82. The van der Waals surface area contributed by atoms with E-state index in [-0.39, 0.29) is 17.5 Å². The van der Waals surface area contributed by atoms with Gasteiger partial charge in [-0.15, -0.1) is 5.10 Å². The summed E-state index contributed by atoms with van der Waals surface area (Å²) < 4.78 is 29.2. The van der Waals surface area contributed by atoms with Crippen LogP contribution in [0.4, 0.5) is 14.7 Å². The van der Waals surface area contributed by atoms with Crippen LogP contribution in [0.15, 0.2) is 30.6 Å². The molecule has 0 radical (unpaired) electrons. The highest BCUT2D eigenvalue weighted by atomic mass is 19.3. The molecular formula is C22H24F2N8O. The summed E-state index contributed by atoms with van der Waals surface area (Å²) in [6.45, 7) is 4.79. The Balaban J connectivity index is 1.39. The molecule has 1 aliphatic rings. The number of aryl methyl sites for hydroxylation is 1. The third-order valence-electron chi connectivity index (χ3n) is 6.00. The van der Waals surface area contributed by atoms with Gasteiger partial charge >= 0.3 is 0 Å². The first-order valence-electron chi connectivity index (χ1n) is 10.7. The minimum atomic E-state index is -2.49. The summed E-state index contributed by atoms with van der Waals surface area (Å²) >= 11 is 0. The van der Waals surface area contributed by atoms with Crippen molar-refractivity contribution in [3.8, 4) is 11.3 Å². The van der Waals surface area contributed by atoms with Crippen molar-refractivity contribution in [2.75, 3.05) is 5.32 Å². The van der Waals surface area contributed by atoms with Gasteiger partial charge in [0.2, 0.25) is 11.9 Å². The van der Waals surface area contributed by atoms with E-state index in [2.05, 4.69) is 30.7 Å². The lowest BCUT2D eigenvalue weighted by atomic mass is 9.74. The number of alkyl halides is 2. The molecule has 11 heteroatoms. The molecule has 1 fully saturated rings. The first-order chi connectivity index (χ1) is 15.7. The van der Waals surface area contributed by atoms with Gasteiger partial charge in [0.25, 0.3) is 6.43 Å². The van der Waals surface area contributed by atoms with Gasteiger partial charge < -0.3 is 15.2 Å². The second-order valence-corrected chi connectivity index (χ2v) is 8.83. The Morgan fingerprint density at radius 2 is 2.06 bits per heavy atom. The zero-order valence-electron chi connectivity index (χ0n) is 18.5. The number of carbonyl (C=O) groups excluding carboxylic acids is 1. The number of nitrogens with one attached hydrogen (secondary N) is 2. The zero-order chi connectivity index (χ0) is 23.3. The minimum absolute atomic E-state index is 0.0345. The molecular weight excluding hydrogens is 430 g/mol. The summed E-state index contributed by atoms with van der Waals surface area (Å²) in [7, 11) is 0. The molecule has 2 N–H and O–H groups in total. The molecule has 0 aromatic carbocycles. The molecule has 0 spiro atoms. The van der Waals surface area contributed by atoms with Gasteiger partial charge in [-0.3, -0.25) is 4.79 Å². The molecule has 33 heavy (non-hydrogen) atoms. The number of pyridine rings is 1. The molecule has 4 aromatic heterocycles. The number of hydrogen-bond acceptors (Lipinski definition) is 6. The molecule has 0 bridgehead atoms. The fraction of sp³-hybridized carbons (Fsp3) is 0.409. The van der Waals surface area contributed by atoms with Crippen LogP contribution < -0.4 is 10.6 Å². The van der Waals surface area contributed by atoms with Crippen LogP contribution in [0.3, 0.4) is 0 Å². The summed E-state index contributed by atoms with van der Waals surface area (Å²) in [6, 6.07) is 5.66. The van der Waals surface area contributed by atoms with E-state index in [0.29, 0.717) is 28.6 Å². The molecule has 1 saturated carbocycles. The molecule has 4 heterocycles. The molecule has 0 atom stereocenters. The van der Waals surface area contributed by atoms with E-state index >= 15 is 0 Å². The summed E-state index contributed by atoms with van der Waals surface area (Å²) in [4.78, 5) is 24.7. The van der Waals surface area contributed by atoms with Gasteiger partial charge in [0.1, 0.15) is 11.3 Å². The van der Waals surface area contributed by atoms with Crippen molar-refractivity contribution in [1.29, 1.82) is 0 Å². The number of nitrogens with zero attached hydrogens (tertiary/aromatic N) is 6. The summed E-state index contributed by atoms with van der Waals surface area (Å²) in [5.41, 5.74) is 2.99. The van der Waals surface area contributed by atoms with Crippen LogP contribution >= 0.6 is 0 Å². The number of amides is 1. The molecule has 5 rings (SSSR count). The number of aromatic nitrogens is 6. The van der Waals surface area contributed by atoms with Crippen LogP contribution in [-0.4, -0.2) is 53.0 Å². The molecule has 0 unspecified atom stereocenters. The summed E-state index contributed by atoms with van der Waals surface area (Å²) in [5, 5.41) is 10.8. The van der Waals surface area contributed by atoms with E-state index < -0.39 is 13.0 Å². The Kier molecular flexibility index (Phi) is 4.98. The SMILES string of the molecule is CC(=O)NC1(C)CC(Nc2ncc3c(-c4ccc5nc(C)n(CC(F)F)c5n4)ccn3n2)C1. The van der Waals surface area contributed by atoms with E-state index in [4.69, 9.17) is 0 Å². The van der Waals surface area contributed by atoms with E-state index in [1.54, 1.807) is 23.7 Å². The fourth-order valence-corrected chi connectivity index (χ4v) is 4.64. The van der Waals surface area contributed by atoms with Gasteiger partial charge in [-0.1, -0.05) is 0 Å². The second-order valence-electron chi connectivity index (χ2n) is 8.83. The maximum atomic E-state index is 13.0. The molecule has 0 aliphatic heterocycles. The van der Waals surface area contributed by atoms with E-state index in [1.165, 1.54) is 11.5 Å². The minimum Gasteiger partial charge on any atom is -0.351 e. The average Bonchev–Trinajstić information content (AvgIpc) is 3.26. The lowest BCUT2D eigenvalue weighted by Crippen LogP contribution is -2.59. The highest BCUT2D eigenvalue weighted by Gasteiger charge is 2.41. The molecule has 172 valence electrons. The third kappa shape index (κ3) is 3.98. The Hall–Kier alpha value is -3.63. The smallest absolute Gasteiger partial charge is 0.256 e. The van der Waals surface area contributed by atoms with Crippen LogP contribution in [0.1, 0.15) is 32.5 Å². The molecule has 4 aromatic rings. The predicted molar refractivity (Wildman–Crippen MR) is 119 cm³/mol. The monoisotopic (exact) mass is 454 g/mol. The first-order valence-corrected chi connectivity index (χ1v) is 10.7. The number of imidazole rings is 1. The zero-order valence-corrected chi connectivity index (χ0v) is 18.5. The van der Waals surface area contributed by atoms with Crippen LogP contribution in [0, 0.1) is 6.92 Å². The Bertz CT molecular complexity index is 1360. The fourth-order valence-electron chi connectivity index (χ4n) is 4.64. The van der Waals surface area contributed by atoms with Gasteiger partial charge in [0.15, 0.2) is 5.65 Å². The van der Waals surface area contributed by atoms with E-state index in [0.717, 1.165) is 23.9 Å².